The van der Waals surface area contributed by atoms with Crippen molar-refractivity contribution in [1.82, 2.24) is 4.58 Å². The van der Waals surface area contributed by atoms with Gasteiger partial charge in [-0.15, -0.1) is 0 Å². The number of hydrogen-bond acceptors (Lipinski definition) is 2. The summed E-state index contributed by atoms with van der Waals surface area (Å²) in [5.41, 5.74) is 4.01. The lowest BCUT2D eigenvalue weighted by Gasteiger charge is -2.05. The summed E-state index contributed by atoms with van der Waals surface area (Å²) in [5.74, 6) is 0. The molecule has 0 aromatic heterocycles. The van der Waals surface area contributed by atoms with Gasteiger partial charge in [0.15, 0.2) is 0 Å². The molecule has 0 radical (unpaired) electrons. The van der Waals surface area contributed by atoms with Gasteiger partial charge in [-0.2, -0.15) is 4.58 Å². The molecule has 0 bridgehead atoms. The van der Waals surface area contributed by atoms with E-state index in [0.29, 0.717) is 29.1 Å². The average molecular weight is 361 g/mol. The van der Waals surface area contributed by atoms with Gasteiger partial charge in [-0.25, -0.2) is 0 Å². The highest BCUT2D eigenvalue weighted by molar-refractivity contribution is 6.75. The van der Waals surface area contributed by atoms with E-state index in [-0.39, 0.29) is 0 Å². The maximum Gasteiger partial charge on any atom is 0.673 e. The monoisotopic (exact) mass is 361 g/mol. The Morgan fingerprint density at radius 1 is 0.808 bits per heavy atom. The number of allylic oxidation sites excluding steroid dienone is 1. The molecule has 1 aliphatic carbocycles. The van der Waals surface area contributed by atoms with Crippen LogP contribution in [0.5, 0.6) is 0 Å². The lowest BCUT2D eigenvalue weighted by molar-refractivity contribution is 0.368. The van der Waals surface area contributed by atoms with E-state index in [0.717, 1.165) is 11.4 Å². The zero-order valence-electron chi connectivity index (χ0n) is 13.7. The number of benzene rings is 2. The van der Waals surface area contributed by atoms with Crippen molar-refractivity contribution in [2.45, 2.75) is 6.42 Å². The van der Waals surface area contributed by atoms with Gasteiger partial charge in [0.25, 0.3) is 5.71 Å². The van der Waals surface area contributed by atoms with Crippen LogP contribution in [0, 0.1) is 10.8 Å². The van der Waals surface area contributed by atoms with Gasteiger partial charge in [0.2, 0.25) is 11.4 Å². The zero-order chi connectivity index (χ0) is 19.3. The van der Waals surface area contributed by atoms with E-state index in [2.05, 4.69) is 6.58 Å². The highest BCUT2D eigenvalue weighted by Gasteiger charge is 2.35. The van der Waals surface area contributed by atoms with Gasteiger partial charge in [-0.3, -0.25) is 10.8 Å². The van der Waals surface area contributed by atoms with Crippen LogP contribution in [-0.4, -0.2) is 24.4 Å². The van der Waals surface area contributed by atoms with Crippen molar-refractivity contribution >= 4 is 35.8 Å². The van der Waals surface area contributed by atoms with Crippen molar-refractivity contribution in [1.29, 1.82) is 10.8 Å². The number of para-hydroxylation sites is 2. The first-order valence-electron chi connectivity index (χ1n) is 7.68. The summed E-state index contributed by atoms with van der Waals surface area (Å²) in [5, 5.41) is 16.5. The summed E-state index contributed by atoms with van der Waals surface area (Å²) < 4.78 is 41.0. The van der Waals surface area contributed by atoms with Crippen LogP contribution in [0.4, 0.5) is 28.6 Å². The van der Waals surface area contributed by atoms with Crippen LogP contribution in [-0.2, 0) is 0 Å². The van der Waals surface area contributed by atoms with Crippen LogP contribution >= 0.6 is 0 Å². The minimum absolute atomic E-state index is 0.354. The molecular formula is C18H16BF4N3. The SMILES string of the molecule is C=C1CC(=N)C(=[N+](c2ccccc2)c2ccccc2)C1=N.F[B-](F)(F)F. The van der Waals surface area contributed by atoms with Crippen LogP contribution in [0.15, 0.2) is 72.8 Å². The molecule has 1 fully saturated rings. The highest BCUT2D eigenvalue weighted by atomic mass is 19.5. The van der Waals surface area contributed by atoms with E-state index in [1.165, 1.54) is 0 Å². The highest BCUT2D eigenvalue weighted by Crippen LogP contribution is 2.24. The fraction of sp³-hybridized carbons (Fsp3) is 0.0556. The van der Waals surface area contributed by atoms with Gasteiger partial charge in [0.05, 0.1) is 0 Å². The number of nitrogens with zero attached hydrogens (tertiary/aromatic N) is 1. The molecule has 1 aliphatic rings. The molecule has 0 amide bonds. The van der Waals surface area contributed by atoms with E-state index in [1.54, 1.807) is 0 Å². The van der Waals surface area contributed by atoms with E-state index in [4.69, 9.17) is 10.8 Å². The summed E-state index contributed by atoms with van der Waals surface area (Å²) in [6.07, 6.45) is 0.449. The Morgan fingerprint density at radius 2 is 1.19 bits per heavy atom. The van der Waals surface area contributed by atoms with Gasteiger partial charge in [-0.05, 0) is 5.57 Å². The first-order chi connectivity index (χ1) is 12.2. The van der Waals surface area contributed by atoms with Crippen molar-refractivity contribution in [2.24, 2.45) is 0 Å². The second-order valence-corrected chi connectivity index (χ2v) is 5.48. The van der Waals surface area contributed by atoms with Crippen LogP contribution < -0.4 is 4.58 Å². The second-order valence-electron chi connectivity index (χ2n) is 5.48. The third-order valence-electron chi connectivity index (χ3n) is 3.52. The van der Waals surface area contributed by atoms with Crippen molar-refractivity contribution in [3.05, 3.63) is 72.8 Å². The Bertz CT molecular complexity index is 812. The quantitative estimate of drug-likeness (QED) is 0.417. The van der Waals surface area contributed by atoms with Crippen molar-refractivity contribution < 1.29 is 17.3 Å². The smallest absolute Gasteiger partial charge is 0.418 e. The largest absolute Gasteiger partial charge is 0.673 e. The Balaban J connectivity index is 0.000000431. The minimum atomic E-state index is -6.00. The predicted molar refractivity (Wildman–Crippen MR) is 98.7 cm³/mol. The molecule has 2 aromatic carbocycles. The molecular weight excluding hydrogens is 345 g/mol. The summed E-state index contributed by atoms with van der Waals surface area (Å²) in [7, 11) is -6.00. The molecule has 2 aromatic rings. The summed E-state index contributed by atoms with van der Waals surface area (Å²) >= 11 is 0. The fourth-order valence-corrected chi connectivity index (χ4v) is 2.51. The van der Waals surface area contributed by atoms with E-state index < -0.39 is 7.25 Å². The second kappa shape index (κ2) is 7.90. The predicted octanol–water partition coefficient (Wildman–Crippen LogP) is 5.26. The molecule has 0 atom stereocenters. The zero-order valence-corrected chi connectivity index (χ0v) is 13.7. The molecule has 3 rings (SSSR count). The maximum atomic E-state index is 9.75. The van der Waals surface area contributed by atoms with E-state index >= 15 is 0 Å². The molecule has 26 heavy (non-hydrogen) atoms. The van der Waals surface area contributed by atoms with E-state index in [9.17, 15) is 17.3 Å². The molecule has 0 spiro atoms. The molecule has 0 heterocycles. The standard InChI is InChI=1S/C18H16N3.BF4/c1-13-12-16(19)18(17(13)20)21(14-8-4-2-5-9-14)15-10-6-3-7-11-15;2-1(3,4)5/h2-11,19-20H,1,12H2;/q+1;-1. The van der Waals surface area contributed by atoms with Gasteiger partial charge < -0.3 is 17.3 Å². The minimum Gasteiger partial charge on any atom is -0.418 e. The first kappa shape index (κ1) is 19.3. The first-order valence-corrected chi connectivity index (χ1v) is 7.68. The van der Waals surface area contributed by atoms with Crippen molar-refractivity contribution in [2.75, 3.05) is 0 Å². The van der Waals surface area contributed by atoms with E-state index in [1.807, 2.05) is 65.2 Å². The topological polar surface area (TPSA) is 50.7 Å². The summed E-state index contributed by atoms with van der Waals surface area (Å²) in [6.45, 7) is 3.89. The van der Waals surface area contributed by atoms with Crippen LogP contribution in [0.25, 0.3) is 0 Å². The van der Waals surface area contributed by atoms with Crippen molar-refractivity contribution in [3.8, 4) is 0 Å². The Kier molecular flexibility index (Phi) is 5.87. The lowest BCUT2D eigenvalue weighted by atomic mass is 10.2. The van der Waals surface area contributed by atoms with Gasteiger partial charge in [0.1, 0.15) is 11.4 Å². The molecule has 3 nitrogen and oxygen atoms in total. The molecule has 134 valence electrons. The molecule has 0 saturated heterocycles. The van der Waals surface area contributed by atoms with Crippen LogP contribution in [0.1, 0.15) is 6.42 Å². The molecule has 8 heteroatoms. The molecule has 0 unspecified atom stereocenters. The van der Waals surface area contributed by atoms with Gasteiger partial charge >= 0.3 is 7.25 Å². The molecule has 2 N–H and O–H groups in total. The normalized spacial score (nSPS) is 14.2. The summed E-state index contributed by atoms with van der Waals surface area (Å²) in [4.78, 5) is 0. The van der Waals surface area contributed by atoms with Crippen molar-refractivity contribution in [3.63, 3.8) is 0 Å². The molecule has 0 aliphatic heterocycles. The lowest BCUT2D eigenvalue weighted by Crippen LogP contribution is -2.26. The number of nitrogens with one attached hydrogen (secondary N) is 2. The third kappa shape index (κ3) is 4.98. The maximum absolute atomic E-state index is 9.75. The average Bonchev–Trinajstić information content (AvgIpc) is 2.82. The Hall–Kier alpha value is -3.03. The third-order valence-corrected chi connectivity index (χ3v) is 3.52. The number of rotatable bonds is 2. The van der Waals surface area contributed by atoms with Crippen LogP contribution in [0.2, 0.25) is 0 Å². The Morgan fingerprint density at radius 3 is 1.50 bits per heavy atom. The van der Waals surface area contributed by atoms with Gasteiger partial charge in [0, 0.05) is 30.7 Å². The summed E-state index contributed by atoms with van der Waals surface area (Å²) in [6, 6.07) is 19.7. The number of halogens is 4. The fourth-order valence-electron chi connectivity index (χ4n) is 2.51. The number of hydrogen-bond donors (Lipinski definition) is 2. The Labute approximate surface area is 148 Å². The van der Waals surface area contributed by atoms with Gasteiger partial charge in [-0.1, -0.05) is 43.0 Å². The van der Waals surface area contributed by atoms with Crippen LogP contribution in [0.3, 0.4) is 0 Å². The molecule has 1 saturated carbocycles.